The van der Waals surface area contributed by atoms with Crippen LogP contribution in [0.15, 0.2) is 48.5 Å². The first kappa shape index (κ1) is 19.7. The molecule has 7 heteroatoms. The number of carbonyl (C=O) groups is 2. The molecule has 2 aromatic rings. The van der Waals surface area contributed by atoms with E-state index in [2.05, 4.69) is 5.32 Å². The van der Waals surface area contributed by atoms with Crippen molar-refractivity contribution in [1.29, 1.82) is 0 Å². The zero-order valence-corrected chi connectivity index (χ0v) is 15.9. The van der Waals surface area contributed by atoms with Crippen LogP contribution in [0.4, 0.5) is 14.9 Å². The Morgan fingerprint density at radius 3 is 2.18 bits per heavy atom. The SMILES string of the molecule is CCOc1ccc(CC(=O)N2CCN(C(=O)Nc3ccc(F)cc3)CC2)cc1. The van der Waals surface area contributed by atoms with E-state index < -0.39 is 0 Å². The second-order valence-corrected chi connectivity index (χ2v) is 6.56. The van der Waals surface area contributed by atoms with Crippen molar-refractivity contribution in [3.8, 4) is 5.75 Å². The Bertz CT molecular complexity index is 801. The van der Waals surface area contributed by atoms with E-state index in [-0.39, 0.29) is 17.8 Å². The van der Waals surface area contributed by atoms with Crippen molar-refractivity contribution < 1.29 is 18.7 Å². The summed E-state index contributed by atoms with van der Waals surface area (Å²) >= 11 is 0. The Hall–Kier alpha value is -3.09. The Kier molecular flexibility index (Phi) is 6.47. The molecule has 28 heavy (non-hydrogen) atoms. The molecule has 1 aliphatic heterocycles. The van der Waals surface area contributed by atoms with Crippen LogP contribution in [0, 0.1) is 5.82 Å². The molecule has 1 heterocycles. The summed E-state index contributed by atoms with van der Waals surface area (Å²) in [5.41, 5.74) is 1.48. The number of anilines is 1. The normalized spacial score (nSPS) is 13.9. The fourth-order valence-corrected chi connectivity index (χ4v) is 3.05. The number of ether oxygens (including phenoxy) is 1. The van der Waals surface area contributed by atoms with Gasteiger partial charge in [0.1, 0.15) is 11.6 Å². The van der Waals surface area contributed by atoms with Gasteiger partial charge in [-0.2, -0.15) is 0 Å². The summed E-state index contributed by atoms with van der Waals surface area (Å²) in [6.45, 7) is 4.44. The number of hydrogen-bond donors (Lipinski definition) is 1. The summed E-state index contributed by atoms with van der Waals surface area (Å²) < 4.78 is 18.3. The minimum absolute atomic E-state index is 0.0442. The lowest BCUT2D eigenvalue weighted by Gasteiger charge is -2.34. The maximum absolute atomic E-state index is 12.9. The number of benzene rings is 2. The molecule has 0 saturated carbocycles. The third kappa shape index (κ3) is 5.22. The fraction of sp³-hybridized carbons (Fsp3) is 0.333. The lowest BCUT2D eigenvalue weighted by Crippen LogP contribution is -2.52. The van der Waals surface area contributed by atoms with Gasteiger partial charge in [-0.15, -0.1) is 0 Å². The van der Waals surface area contributed by atoms with Crippen LogP contribution in [0.3, 0.4) is 0 Å². The number of piperazine rings is 1. The van der Waals surface area contributed by atoms with Crippen LogP contribution >= 0.6 is 0 Å². The van der Waals surface area contributed by atoms with E-state index in [4.69, 9.17) is 4.74 Å². The van der Waals surface area contributed by atoms with Crippen LogP contribution in [-0.4, -0.2) is 54.5 Å². The van der Waals surface area contributed by atoms with Crippen molar-refractivity contribution in [2.45, 2.75) is 13.3 Å². The number of urea groups is 1. The topological polar surface area (TPSA) is 61.9 Å². The molecule has 0 unspecified atom stereocenters. The van der Waals surface area contributed by atoms with Gasteiger partial charge in [0.05, 0.1) is 13.0 Å². The third-order valence-electron chi connectivity index (χ3n) is 4.60. The summed E-state index contributed by atoms with van der Waals surface area (Å²) in [4.78, 5) is 28.3. The molecular formula is C21H24FN3O3. The lowest BCUT2D eigenvalue weighted by atomic mass is 10.1. The van der Waals surface area contributed by atoms with Gasteiger partial charge in [0.15, 0.2) is 0 Å². The summed E-state index contributed by atoms with van der Waals surface area (Å²) in [7, 11) is 0. The highest BCUT2D eigenvalue weighted by Gasteiger charge is 2.24. The number of rotatable bonds is 5. The monoisotopic (exact) mass is 385 g/mol. The van der Waals surface area contributed by atoms with Gasteiger partial charge < -0.3 is 19.9 Å². The number of amides is 3. The van der Waals surface area contributed by atoms with E-state index >= 15 is 0 Å². The van der Waals surface area contributed by atoms with Crippen LogP contribution in [0.25, 0.3) is 0 Å². The Morgan fingerprint density at radius 1 is 0.964 bits per heavy atom. The number of nitrogens with zero attached hydrogens (tertiary/aromatic N) is 2. The highest BCUT2D eigenvalue weighted by molar-refractivity contribution is 5.89. The molecule has 6 nitrogen and oxygen atoms in total. The van der Waals surface area contributed by atoms with Crippen molar-refractivity contribution in [2.75, 3.05) is 38.1 Å². The van der Waals surface area contributed by atoms with Gasteiger partial charge in [0.2, 0.25) is 5.91 Å². The average molecular weight is 385 g/mol. The van der Waals surface area contributed by atoms with E-state index in [1.807, 2.05) is 31.2 Å². The molecular weight excluding hydrogens is 361 g/mol. The Labute approximate surface area is 163 Å². The van der Waals surface area contributed by atoms with Gasteiger partial charge in [0.25, 0.3) is 0 Å². The maximum Gasteiger partial charge on any atom is 0.321 e. The van der Waals surface area contributed by atoms with E-state index in [1.165, 1.54) is 24.3 Å². The van der Waals surface area contributed by atoms with Gasteiger partial charge in [0, 0.05) is 31.9 Å². The van der Waals surface area contributed by atoms with Crippen LogP contribution in [0.2, 0.25) is 0 Å². The molecule has 1 N–H and O–H groups in total. The largest absolute Gasteiger partial charge is 0.494 e. The van der Waals surface area contributed by atoms with Gasteiger partial charge in [-0.1, -0.05) is 12.1 Å². The first-order valence-corrected chi connectivity index (χ1v) is 9.36. The first-order chi connectivity index (χ1) is 13.5. The van der Waals surface area contributed by atoms with E-state index in [9.17, 15) is 14.0 Å². The predicted octanol–water partition coefficient (Wildman–Crippen LogP) is 3.14. The van der Waals surface area contributed by atoms with Crippen LogP contribution in [-0.2, 0) is 11.2 Å². The molecule has 148 valence electrons. The maximum atomic E-state index is 12.9. The molecule has 0 radical (unpaired) electrons. The second-order valence-electron chi connectivity index (χ2n) is 6.56. The second kappa shape index (κ2) is 9.21. The average Bonchev–Trinajstić information content (AvgIpc) is 2.71. The zero-order chi connectivity index (χ0) is 19.9. The van der Waals surface area contributed by atoms with Crippen molar-refractivity contribution >= 4 is 17.6 Å². The van der Waals surface area contributed by atoms with Crippen molar-refractivity contribution in [3.63, 3.8) is 0 Å². The number of nitrogens with one attached hydrogen (secondary N) is 1. The van der Waals surface area contributed by atoms with Gasteiger partial charge in [-0.25, -0.2) is 9.18 Å². The molecule has 3 rings (SSSR count). The van der Waals surface area contributed by atoms with E-state index in [0.29, 0.717) is 44.9 Å². The Morgan fingerprint density at radius 2 is 1.57 bits per heavy atom. The van der Waals surface area contributed by atoms with Gasteiger partial charge in [-0.3, -0.25) is 4.79 Å². The quantitative estimate of drug-likeness (QED) is 0.860. The Balaban J connectivity index is 1.46. The summed E-state index contributed by atoms with van der Waals surface area (Å²) in [6.07, 6.45) is 0.328. The van der Waals surface area contributed by atoms with Crippen molar-refractivity contribution in [1.82, 2.24) is 9.80 Å². The number of halogens is 1. The van der Waals surface area contributed by atoms with Gasteiger partial charge >= 0.3 is 6.03 Å². The van der Waals surface area contributed by atoms with Crippen molar-refractivity contribution in [3.05, 3.63) is 59.9 Å². The van der Waals surface area contributed by atoms with Crippen LogP contribution < -0.4 is 10.1 Å². The number of hydrogen-bond acceptors (Lipinski definition) is 3. The predicted molar refractivity (Wildman–Crippen MR) is 105 cm³/mol. The molecule has 0 aromatic heterocycles. The molecule has 0 aliphatic carbocycles. The minimum Gasteiger partial charge on any atom is -0.494 e. The highest BCUT2D eigenvalue weighted by atomic mass is 19.1. The standard InChI is InChI=1S/C21H24FN3O3/c1-2-28-19-9-3-16(4-10-19)15-20(26)24-11-13-25(14-12-24)21(27)23-18-7-5-17(22)6-8-18/h3-10H,2,11-15H2,1H3,(H,23,27). The highest BCUT2D eigenvalue weighted by Crippen LogP contribution is 2.14. The molecule has 0 spiro atoms. The molecule has 3 amide bonds. The molecule has 0 bridgehead atoms. The zero-order valence-electron chi connectivity index (χ0n) is 15.9. The van der Waals surface area contributed by atoms with Crippen molar-refractivity contribution in [2.24, 2.45) is 0 Å². The smallest absolute Gasteiger partial charge is 0.321 e. The summed E-state index contributed by atoms with van der Waals surface area (Å²) in [6, 6.07) is 12.9. The van der Waals surface area contributed by atoms with Crippen LogP contribution in [0.5, 0.6) is 5.75 Å². The minimum atomic E-state index is -0.349. The summed E-state index contributed by atoms with van der Waals surface area (Å²) in [5, 5.41) is 2.74. The molecule has 1 aliphatic rings. The first-order valence-electron chi connectivity index (χ1n) is 9.36. The lowest BCUT2D eigenvalue weighted by molar-refractivity contribution is -0.131. The fourth-order valence-electron chi connectivity index (χ4n) is 3.05. The molecule has 2 aromatic carbocycles. The third-order valence-corrected chi connectivity index (χ3v) is 4.60. The number of carbonyl (C=O) groups excluding carboxylic acids is 2. The van der Waals surface area contributed by atoms with E-state index in [1.54, 1.807) is 9.80 Å². The van der Waals surface area contributed by atoms with E-state index in [0.717, 1.165) is 11.3 Å². The molecule has 1 fully saturated rings. The van der Waals surface area contributed by atoms with Gasteiger partial charge in [-0.05, 0) is 48.9 Å². The molecule has 0 atom stereocenters. The van der Waals surface area contributed by atoms with Crippen LogP contribution in [0.1, 0.15) is 12.5 Å². The molecule has 1 saturated heterocycles. The summed E-state index contributed by atoms with van der Waals surface area (Å²) in [5.74, 6) is 0.486.